The number of amides is 1. The third-order valence-corrected chi connectivity index (χ3v) is 7.69. The van der Waals surface area contributed by atoms with Crippen LogP contribution in [0.3, 0.4) is 0 Å². The molecule has 2 aromatic heterocycles. The van der Waals surface area contributed by atoms with E-state index in [9.17, 15) is 4.79 Å². The van der Waals surface area contributed by atoms with E-state index in [4.69, 9.17) is 15.2 Å². The summed E-state index contributed by atoms with van der Waals surface area (Å²) in [6, 6.07) is 8.52. The Morgan fingerprint density at radius 3 is 2.51 bits per heavy atom. The van der Waals surface area contributed by atoms with E-state index in [0.717, 1.165) is 31.7 Å². The van der Waals surface area contributed by atoms with Gasteiger partial charge in [0.05, 0.1) is 32.0 Å². The molecule has 0 bridgehead atoms. The molecule has 0 saturated carbocycles. The van der Waals surface area contributed by atoms with Crippen LogP contribution >= 0.6 is 0 Å². The van der Waals surface area contributed by atoms with Crippen LogP contribution in [-0.4, -0.2) is 89.5 Å². The number of carbonyl (C=O) groups excluding carboxylic acids is 1. The lowest BCUT2D eigenvalue weighted by Crippen LogP contribution is -2.44. The summed E-state index contributed by atoms with van der Waals surface area (Å²) >= 11 is 0. The number of aryl methyl sites for hydroxylation is 1. The molecule has 11 nitrogen and oxygen atoms in total. The van der Waals surface area contributed by atoms with Gasteiger partial charge in [0, 0.05) is 74.5 Å². The number of primary amides is 1. The second-order valence-electron chi connectivity index (χ2n) is 10.9. The van der Waals surface area contributed by atoms with Crippen LogP contribution in [0.2, 0.25) is 0 Å². The summed E-state index contributed by atoms with van der Waals surface area (Å²) in [7, 11) is 5.25. The van der Waals surface area contributed by atoms with Crippen molar-refractivity contribution in [3.05, 3.63) is 82.6 Å². The van der Waals surface area contributed by atoms with Crippen molar-refractivity contribution >= 4 is 17.5 Å². The lowest BCUT2D eigenvalue weighted by molar-refractivity contribution is 0.100. The Labute approximate surface area is 262 Å². The summed E-state index contributed by atoms with van der Waals surface area (Å²) in [6.45, 7) is 7.16. The Kier molecular flexibility index (Phi) is 10.0. The molecule has 0 atom stereocenters. The van der Waals surface area contributed by atoms with Crippen LogP contribution in [0.25, 0.3) is 11.1 Å². The van der Waals surface area contributed by atoms with E-state index in [1.807, 2.05) is 13.0 Å². The van der Waals surface area contributed by atoms with Crippen molar-refractivity contribution in [2.24, 2.45) is 5.73 Å². The van der Waals surface area contributed by atoms with Crippen molar-refractivity contribution in [3.63, 3.8) is 0 Å². The van der Waals surface area contributed by atoms with E-state index < -0.39 is 5.91 Å². The molecule has 1 aliphatic rings. The van der Waals surface area contributed by atoms with Gasteiger partial charge in [0.25, 0.3) is 5.88 Å². The van der Waals surface area contributed by atoms with Gasteiger partial charge in [0.1, 0.15) is 11.5 Å². The normalized spacial score (nSPS) is 13.7. The number of nitrogens with two attached hydrogens (primary N) is 1. The Morgan fingerprint density at radius 2 is 1.84 bits per heavy atom. The number of anilines is 2. The van der Waals surface area contributed by atoms with E-state index in [-0.39, 0.29) is 11.4 Å². The molecule has 2 aromatic carbocycles. The standard InChI is InChI=1S/C33H37FN8O3/c1-22-5-9-27(31(35)43)30(24-7-8-25(28(34)17-24)20-41-13-11-40(2)12-14-41)26(22)10-6-23-18-36-33(37-19-23)38-29-21-42(15-16-44-3)39-32(29)45-4/h5,7-9,17-19,21H,11-16,20H2,1-4H3,(H2,35,43)(H,36,37,38). The van der Waals surface area contributed by atoms with E-state index in [2.05, 4.69) is 49.1 Å². The van der Waals surface area contributed by atoms with Crippen LogP contribution in [0.4, 0.5) is 16.0 Å². The molecule has 0 radical (unpaired) electrons. The molecule has 5 rings (SSSR count). The van der Waals surface area contributed by atoms with Crippen LogP contribution in [0.15, 0.2) is 48.9 Å². The first kappa shape index (κ1) is 31.6. The Balaban J connectivity index is 1.40. The maximum atomic E-state index is 15.5. The average Bonchev–Trinajstić information content (AvgIpc) is 3.43. The summed E-state index contributed by atoms with van der Waals surface area (Å²) in [6.07, 6.45) is 4.96. The largest absolute Gasteiger partial charge is 0.478 e. The number of hydrogen-bond donors (Lipinski definition) is 2. The maximum absolute atomic E-state index is 15.5. The zero-order chi connectivity index (χ0) is 31.9. The van der Waals surface area contributed by atoms with Crippen LogP contribution in [0.1, 0.15) is 32.6 Å². The second kappa shape index (κ2) is 14.3. The number of halogens is 1. The number of benzene rings is 2. The molecular weight excluding hydrogens is 575 g/mol. The van der Waals surface area contributed by atoms with E-state index >= 15 is 4.39 Å². The number of carbonyl (C=O) groups is 1. The summed E-state index contributed by atoms with van der Waals surface area (Å²) < 4.78 is 27.6. The third-order valence-electron chi connectivity index (χ3n) is 7.69. The molecule has 0 unspecified atom stereocenters. The van der Waals surface area contributed by atoms with E-state index in [1.165, 1.54) is 13.2 Å². The number of hydrogen-bond acceptors (Lipinski definition) is 9. The number of rotatable bonds is 10. The fraction of sp³-hybridized carbons (Fsp3) is 0.333. The first-order valence-electron chi connectivity index (χ1n) is 14.6. The lowest BCUT2D eigenvalue weighted by Gasteiger charge is -2.32. The zero-order valence-electron chi connectivity index (χ0n) is 25.9. The molecule has 3 heterocycles. The van der Waals surface area contributed by atoms with E-state index in [0.29, 0.717) is 65.0 Å². The highest BCUT2D eigenvalue weighted by Gasteiger charge is 2.20. The monoisotopic (exact) mass is 612 g/mol. The summed E-state index contributed by atoms with van der Waals surface area (Å²) in [5.41, 5.74) is 10.2. The number of piperazine rings is 1. The van der Waals surface area contributed by atoms with Crippen molar-refractivity contribution < 1.29 is 18.7 Å². The average molecular weight is 613 g/mol. The molecule has 0 aliphatic carbocycles. The van der Waals surface area contributed by atoms with E-state index in [1.54, 1.807) is 48.6 Å². The molecule has 45 heavy (non-hydrogen) atoms. The highest BCUT2D eigenvalue weighted by atomic mass is 19.1. The molecule has 12 heteroatoms. The van der Waals surface area contributed by atoms with Crippen molar-refractivity contribution in [2.75, 3.05) is 59.4 Å². The smallest absolute Gasteiger partial charge is 0.256 e. The number of likely N-dealkylation sites (N-methyl/N-ethyl adjacent to an activating group) is 1. The number of methoxy groups -OCH3 is 2. The SMILES string of the molecule is COCCn1cc(Nc2ncc(C#Cc3c(C)ccc(C(N)=O)c3-c3ccc(CN4CCN(C)CC4)c(F)c3)cn2)c(OC)n1. The van der Waals surface area contributed by atoms with Crippen molar-refractivity contribution in [1.82, 2.24) is 29.5 Å². The molecule has 1 fully saturated rings. The van der Waals surface area contributed by atoms with Gasteiger partial charge in [0.15, 0.2) is 0 Å². The molecule has 1 saturated heterocycles. The van der Waals surface area contributed by atoms with Gasteiger partial charge in [-0.1, -0.05) is 30.0 Å². The Hall–Kier alpha value is -4.83. The molecular formula is C33H37FN8O3. The van der Waals surface area contributed by atoms with Gasteiger partial charge in [-0.25, -0.2) is 14.4 Å². The molecule has 1 aliphatic heterocycles. The molecule has 3 N–H and O–H groups in total. The van der Waals surface area contributed by atoms with Gasteiger partial charge in [0.2, 0.25) is 11.9 Å². The fourth-order valence-electron chi connectivity index (χ4n) is 5.10. The molecule has 4 aromatic rings. The fourth-order valence-corrected chi connectivity index (χ4v) is 5.10. The van der Waals surface area contributed by atoms with Gasteiger partial charge < -0.3 is 25.4 Å². The summed E-state index contributed by atoms with van der Waals surface area (Å²) in [5, 5.41) is 7.46. The summed E-state index contributed by atoms with van der Waals surface area (Å²) in [4.78, 5) is 25.8. The zero-order valence-corrected chi connectivity index (χ0v) is 25.9. The Bertz CT molecular complexity index is 1720. The second-order valence-corrected chi connectivity index (χ2v) is 10.9. The van der Waals surface area contributed by atoms with Crippen molar-refractivity contribution in [1.29, 1.82) is 0 Å². The van der Waals surface area contributed by atoms with Crippen LogP contribution < -0.4 is 15.8 Å². The molecule has 234 valence electrons. The third kappa shape index (κ3) is 7.64. The number of aromatic nitrogens is 4. The van der Waals surface area contributed by atoms with Crippen LogP contribution in [0.5, 0.6) is 5.88 Å². The van der Waals surface area contributed by atoms with Gasteiger partial charge >= 0.3 is 0 Å². The summed E-state index contributed by atoms with van der Waals surface area (Å²) in [5.74, 6) is 6.05. The predicted molar refractivity (Wildman–Crippen MR) is 170 cm³/mol. The highest BCUT2D eigenvalue weighted by molar-refractivity contribution is 6.01. The maximum Gasteiger partial charge on any atom is 0.256 e. The number of ether oxygens (including phenoxy) is 2. The highest BCUT2D eigenvalue weighted by Crippen LogP contribution is 2.31. The molecule has 0 spiro atoms. The van der Waals surface area contributed by atoms with Gasteiger partial charge in [-0.2, -0.15) is 0 Å². The topological polar surface area (TPSA) is 124 Å². The van der Waals surface area contributed by atoms with Crippen LogP contribution in [0, 0.1) is 24.6 Å². The minimum atomic E-state index is -0.616. The van der Waals surface area contributed by atoms with Gasteiger partial charge in [-0.3, -0.25) is 14.4 Å². The van der Waals surface area contributed by atoms with Crippen LogP contribution in [-0.2, 0) is 17.8 Å². The predicted octanol–water partition coefficient (Wildman–Crippen LogP) is 3.43. The number of nitrogens with zero attached hydrogens (tertiary/aromatic N) is 6. The first-order chi connectivity index (χ1) is 21.7. The van der Waals surface area contributed by atoms with Crippen molar-refractivity contribution in [2.45, 2.75) is 20.0 Å². The molecule has 1 amide bonds. The number of nitrogens with one attached hydrogen (secondary N) is 1. The lowest BCUT2D eigenvalue weighted by atomic mass is 9.90. The van der Waals surface area contributed by atoms with Crippen molar-refractivity contribution in [3.8, 4) is 28.8 Å². The first-order valence-corrected chi connectivity index (χ1v) is 14.6. The quantitative estimate of drug-likeness (QED) is 0.259. The van der Waals surface area contributed by atoms with Gasteiger partial charge in [-0.05, 0) is 37.2 Å². The Morgan fingerprint density at radius 1 is 1.09 bits per heavy atom. The minimum absolute atomic E-state index is 0.270. The minimum Gasteiger partial charge on any atom is -0.478 e. The van der Waals surface area contributed by atoms with Gasteiger partial charge in [-0.15, -0.1) is 5.10 Å².